The van der Waals surface area contributed by atoms with E-state index in [1.54, 1.807) is 0 Å². The van der Waals surface area contributed by atoms with Gasteiger partial charge < -0.3 is 15.0 Å². The highest BCUT2D eigenvalue weighted by molar-refractivity contribution is 5.98. The van der Waals surface area contributed by atoms with E-state index >= 15 is 0 Å². The third-order valence-corrected chi connectivity index (χ3v) is 3.62. The molecule has 0 saturated carbocycles. The Balaban J connectivity index is 2.09. The maximum absolute atomic E-state index is 12.3. The van der Waals surface area contributed by atoms with Gasteiger partial charge in [0.05, 0.1) is 0 Å². The molecule has 2 aromatic rings. The lowest BCUT2D eigenvalue weighted by Gasteiger charge is -2.16. The summed E-state index contributed by atoms with van der Waals surface area (Å²) in [4.78, 5) is 38.2. The van der Waals surface area contributed by atoms with E-state index in [-0.39, 0.29) is 5.56 Å². The van der Waals surface area contributed by atoms with Crippen LogP contribution in [-0.4, -0.2) is 23.0 Å². The first-order valence-corrected chi connectivity index (χ1v) is 7.57. The molecule has 126 valence electrons. The molecule has 0 aliphatic rings. The van der Waals surface area contributed by atoms with Crippen molar-refractivity contribution in [2.75, 3.05) is 5.32 Å². The second-order valence-electron chi connectivity index (χ2n) is 5.72. The Hall–Kier alpha value is -2.89. The highest BCUT2D eigenvalue weighted by atomic mass is 16.5. The number of H-pyrrole nitrogens is 1. The number of carbonyl (C=O) groups is 2. The van der Waals surface area contributed by atoms with Crippen molar-refractivity contribution in [3.8, 4) is 0 Å². The van der Waals surface area contributed by atoms with Crippen molar-refractivity contribution in [2.24, 2.45) is 0 Å². The Labute approximate surface area is 139 Å². The lowest BCUT2D eigenvalue weighted by atomic mass is 10.0. The molecule has 0 radical (unpaired) electrons. The van der Waals surface area contributed by atoms with Gasteiger partial charge in [-0.2, -0.15) is 0 Å². The Morgan fingerprint density at radius 3 is 2.38 bits per heavy atom. The second kappa shape index (κ2) is 7.12. The Bertz CT molecular complexity index is 816. The molecule has 0 spiro atoms. The van der Waals surface area contributed by atoms with Crippen LogP contribution in [-0.2, 0) is 9.53 Å². The number of ether oxygens (including phenoxy) is 1. The van der Waals surface area contributed by atoms with Gasteiger partial charge in [0.1, 0.15) is 5.56 Å². The third kappa shape index (κ3) is 3.90. The molecule has 1 amide bonds. The predicted octanol–water partition coefficient (Wildman–Crippen LogP) is 2.48. The maximum atomic E-state index is 12.3. The lowest BCUT2D eigenvalue weighted by Crippen LogP contribution is -2.32. The SMILES string of the molecule is Cc1cc(C)c(NC(=O)[C@@H](C)OC(=O)c2ccc[nH]c2=O)c(C)c1. The van der Waals surface area contributed by atoms with E-state index in [4.69, 9.17) is 4.74 Å². The van der Waals surface area contributed by atoms with Crippen molar-refractivity contribution < 1.29 is 14.3 Å². The molecule has 0 unspecified atom stereocenters. The van der Waals surface area contributed by atoms with Gasteiger partial charge in [0.15, 0.2) is 6.10 Å². The van der Waals surface area contributed by atoms with Crippen LogP contribution in [0.4, 0.5) is 5.69 Å². The minimum atomic E-state index is -1.03. The summed E-state index contributed by atoms with van der Waals surface area (Å²) < 4.78 is 5.08. The van der Waals surface area contributed by atoms with Gasteiger partial charge in [0.2, 0.25) is 0 Å². The average molecular weight is 328 g/mol. The van der Waals surface area contributed by atoms with Crippen molar-refractivity contribution in [2.45, 2.75) is 33.8 Å². The number of nitrogens with one attached hydrogen (secondary N) is 2. The fraction of sp³-hybridized carbons (Fsp3) is 0.278. The number of anilines is 1. The molecule has 0 aliphatic heterocycles. The molecular weight excluding hydrogens is 308 g/mol. The largest absolute Gasteiger partial charge is 0.449 e. The van der Waals surface area contributed by atoms with Gasteiger partial charge in [0, 0.05) is 11.9 Å². The molecule has 2 rings (SSSR count). The number of amides is 1. The summed E-state index contributed by atoms with van der Waals surface area (Å²) in [7, 11) is 0. The molecule has 0 aliphatic carbocycles. The quantitative estimate of drug-likeness (QED) is 0.844. The van der Waals surface area contributed by atoms with Gasteiger partial charge in [-0.25, -0.2) is 4.79 Å². The summed E-state index contributed by atoms with van der Waals surface area (Å²) >= 11 is 0. The van der Waals surface area contributed by atoms with E-state index < -0.39 is 23.5 Å². The highest BCUT2D eigenvalue weighted by Gasteiger charge is 2.21. The molecule has 6 nitrogen and oxygen atoms in total. The minimum Gasteiger partial charge on any atom is -0.449 e. The van der Waals surface area contributed by atoms with E-state index in [0.717, 1.165) is 16.7 Å². The van der Waals surface area contributed by atoms with Crippen molar-refractivity contribution in [3.05, 3.63) is 63.1 Å². The van der Waals surface area contributed by atoms with E-state index in [2.05, 4.69) is 10.3 Å². The topological polar surface area (TPSA) is 88.3 Å². The smallest absolute Gasteiger partial charge is 0.344 e. The Morgan fingerprint density at radius 1 is 1.17 bits per heavy atom. The molecular formula is C18H20N2O4. The molecule has 1 aromatic carbocycles. The zero-order chi connectivity index (χ0) is 17.9. The summed E-state index contributed by atoms with van der Waals surface area (Å²) in [6, 6.07) is 6.79. The number of aryl methyl sites for hydroxylation is 3. The number of aromatic nitrogens is 1. The first kappa shape index (κ1) is 17.5. The second-order valence-corrected chi connectivity index (χ2v) is 5.72. The number of hydrogen-bond donors (Lipinski definition) is 2. The standard InChI is InChI=1S/C18H20N2O4/c1-10-8-11(2)15(12(3)9-10)20-16(21)13(4)24-18(23)14-6-5-7-19-17(14)22/h5-9,13H,1-4H3,(H,19,22)(H,20,21)/t13-/m1/s1. The Kier molecular flexibility index (Phi) is 5.18. The van der Waals surface area contributed by atoms with Crippen LogP contribution in [0.25, 0.3) is 0 Å². The molecule has 1 aromatic heterocycles. The van der Waals surface area contributed by atoms with Crippen molar-refractivity contribution in [1.29, 1.82) is 0 Å². The molecule has 0 fully saturated rings. The molecule has 24 heavy (non-hydrogen) atoms. The monoisotopic (exact) mass is 328 g/mol. The van der Waals surface area contributed by atoms with Gasteiger partial charge in [0.25, 0.3) is 11.5 Å². The minimum absolute atomic E-state index is 0.139. The fourth-order valence-electron chi connectivity index (χ4n) is 2.46. The number of pyridine rings is 1. The Morgan fingerprint density at radius 2 is 1.79 bits per heavy atom. The van der Waals surface area contributed by atoms with Crippen LogP contribution < -0.4 is 10.9 Å². The van der Waals surface area contributed by atoms with Crippen LogP contribution >= 0.6 is 0 Å². The molecule has 0 saturated heterocycles. The first-order valence-electron chi connectivity index (χ1n) is 7.57. The molecule has 1 atom stereocenters. The van der Waals surface area contributed by atoms with Crippen LogP contribution in [0.2, 0.25) is 0 Å². The van der Waals surface area contributed by atoms with Crippen LogP contribution in [0.5, 0.6) is 0 Å². The number of benzene rings is 1. The van der Waals surface area contributed by atoms with Gasteiger partial charge in [-0.05, 0) is 51.0 Å². The van der Waals surface area contributed by atoms with Crippen LogP contribution in [0.1, 0.15) is 34.0 Å². The van der Waals surface area contributed by atoms with E-state index in [1.165, 1.54) is 25.3 Å². The summed E-state index contributed by atoms with van der Waals surface area (Å²) in [5.74, 6) is -1.29. The highest BCUT2D eigenvalue weighted by Crippen LogP contribution is 2.22. The van der Waals surface area contributed by atoms with Gasteiger partial charge in [-0.3, -0.25) is 9.59 Å². The van der Waals surface area contributed by atoms with Gasteiger partial charge >= 0.3 is 5.97 Å². The number of rotatable bonds is 4. The summed E-state index contributed by atoms with van der Waals surface area (Å²) in [5.41, 5.74) is 2.97. The van der Waals surface area contributed by atoms with Gasteiger partial charge in [-0.15, -0.1) is 0 Å². The van der Waals surface area contributed by atoms with Gasteiger partial charge in [-0.1, -0.05) is 17.7 Å². The van der Waals surface area contributed by atoms with E-state index in [1.807, 2.05) is 32.9 Å². The number of aromatic amines is 1. The summed E-state index contributed by atoms with van der Waals surface area (Å²) in [6.45, 7) is 7.24. The molecule has 2 N–H and O–H groups in total. The average Bonchev–Trinajstić information content (AvgIpc) is 2.50. The van der Waals surface area contributed by atoms with Crippen LogP contribution in [0.15, 0.2) is 35.3 Å². The first-order chi connectivity index (χ1) is 11.3. The molecule has 1 heterocycles. The molecule has 6 heteroatoms. The van der Waals surface area contributed by atoms with Crippen molar-refractivity contribution >= 4 is 17.6 Å². The normalized spacial score (nSPS) is 11.7. The van der Waals surface area contributed by atoms with E-state index in [9.17, 15) is 14.4 Å². The number of esters is 1. The predicted molar refractivity (Wildman–Crippen MR) is 91.2 cm³/mol. The summed E-state index contributed by atoms with van der Waals surface area (Å²) in [6.07, 6.45) is 0.385. The van der Waals surface area contributed by atoms with E-state index in [0.29, 0.717) is 5.69 Å². The number of carbonyl (C=O) groups excluding carboxylic acids is 2. The zero-order valence-corrected chi connectivity index (χ0v) is 14.1. The summed E-state index contributed by atoms with van der Waals surface area (Å²) in [5, 5.41) is 2.77. The fourth-order valence-corrected chi connectivity index (χ4v) is 2.46. The zero-order valence-electron chi connectivity index (χ0n) is 14.1. The maximum Gasteiger partial charge on any atom is 0.344 e. The van der Waals surface area contributed by atoms with Crippen LogP contribution in [0.3, 0.4) is 0 Å². The van der Waals surface area contributed by atoms with Crippen molar-refractivity contribution in [3.63, 3.8) is 0 Å². The number of hydrogen-bond acceptors (Lipinski definition) is 4. The van der Waals surface area contributed by atoms with Crippen LogP contribution in [0, 0.1) is 20.8 Å². The molecule has 0 bridgehead atoms. The third-order valence-electron chi connectivity index (χ3n) is 3.62. The van der Waals surface area contributed by atoms with Crippen molar-refractivity contribution in [1.82, 2.24) is 4.98 Å². The lowest BCUT2D eigenvalue weighted by molar-refractivity contribution is -0.123.